The highest BCUT2D eigenvalue weighted by molar-refractivity contribution is 5.82. The molecular formula is C16H21FN2O2. The topological polar surface area (TPSA) is 61.4 Å². The first kappa shape index (κ1) is 14.5. The molecule has 1 spiro atoms. The first-order valence-corrected chi connectivity index (χ1v) is 7.51. The van der Waals surface area contributed by atoms with Crippen LogP contribution in [0.3, 0.4) is 0 Å². The van der Waals surface area contributed by atoms with E-state index < -0.39 is 5.82 Å². The van der Waals surface area contributed by atoms with Crippen LogP contribution in [0.4, 0.5) is 4.39 Å². The lowest BCUT2D eigenvalue weighted by molar-refractivity contribution is -0.123. The van der Waals surface area contributed by atoms with Gasteiger partial charge in [-0.2, -0.15) is 0 Å². The minimum atomic E-state index is -0.425. The van der Waals surface area contributed by atoms with Gasteiger partial charge in [-0.25, -0.2) is 4.39 Å². The molecule has 3 N–H and O–H groups in total. The molecule has 0 radical (unpaired) electrons. The summed E-state index contributed by atoms with van der Waals surface area (Å²) in [4.78, 5) is 12.2. The Morgan fingerprint density at radius 2 is 2.19 bits per heavy atom. The molecule has 0 aromatic heterocycles. The summed E-state index contributed by atoms with van der Waals surface area (Å²) >= 11 is 0. The van der Waals surface area contributed by atoms with Crippen molar-refractivity contribution in [1.82, 2.24) is 10.6 Å². The van der Waals surface area contributed by atoms with Gasteiger partial charge in [-0.05, 0) is 49.4 Å². The van der Waals surface area contributed by atoms with Crippen LogP contribution in [0.25, 0.3) is 0 Å². The zero-order chi connectivity index (χ0) is 14.9. The second-order valence-corrected chi connectivity index (χ2v) is 6.17. The van der Waals surface area contributed by atoms with Gasteiger partial charge in [-0.1, -0.05) is 12.1 Å². The second-order valence-electron chi connectivity index (χ2n) is 6.17. The molecule has 1 unspecified atom stereocenters. The predicted molar refractivity (Wildman–Crippen MR) is 76.8 cm³/mol. The van der Waals surface area contributed by atoms with Crippen molar-refractivity contribution in [1.29, 1.82) is 0 Å². The molecule has 1 aromatic carbocycles. The summed E-state index contributed by atoms with van der Waals surface area (Å²) in [6.07, 6.45) is 3.13. The zero-order valence-electron chi connectivity index (χ0n) is 12.0. The fourth-order valence-corrected chi connectivity index (χ4v) is 3.34. The number of aliphatic hydroxyl groups is 1. The van der Waals surface area contributed by atoms with E-state index in [9.17, 15) is 9.18 Å². The summed E-state index contributed by atoms with van der Waals surface area (Å²) in [5.74, 6) is -0.213. The van der Waals surface area contributed by atoms with Crippen molar-refractivity contribution in [3.63, 3.8) is 0 Å². The molecule has 2 aliphatic rings. The summed E-state index contributed by atoms with van der Waals surface area (Å²) < 4.78 is 13.6. The van der Waals surface area contributed by atoms with Gasteiger partial charge >= 0.3 is 0 Å². The van der Waals surface area contributed by atoms with Crippen molar-refractivity contribution >= 4 is 5.91 Å². The Kier molecular flexibility index (Phi) is 3.95. The Hall–Kier alpha value is -1.46. The van der Waals surface area contributed by atoms with E-state index in [0.29, 0.717) is 6.54 Å². The molecule has 1 saturated carbocycles. The molecule has 3 rings (SSSR count). The van der Waals surface area contributed by atoms with Crippen LogP contribution >= 0.6 is 0 Å². The van der Waals surface area contributed by atoms with Crippen LogP contribution in [0.1, 0.15) is 30.4 Å². The van der Waals surface area contributed by atoms with E-state index in [2.05, 4.69) is 10.6 Å². The largest absolute Gasteiger partial charge is 0.392 e. The fourth-order valence-electron chi connectivity index (χ4n) is 3.34. The molecule has 1 heterocycles. The van der Waals surface area contributed by atoms with Crippen LogP contribution in [0.15, 0.2) is 18.2 Å². The number of rotatable bonds is 4. The van der Waals surface area contributed by atoms with E-state index in [1.807, 2.05) is 0 Å². The van der Waals surface area contributed by atoms with Crippen LogP contribution in [0.5, 0.6) is 0 Å². The average molecular weight is 292 g/mol. The maximum absolute atomic E-state index is 13.6. The molecule has 1 aliphatic heterocycles. The quantitative estimate of drug-likeness (QED) is 0.784. The maximum Gasteiger partial charge on any atom is 0.223 e. The third-order valence-corrected chi connectivity index (χ3v) is 4.86. The molecule has 2 fully saturated rings. The van der Waals surface area contributed by atoms with Gasteiger partial charge in [0.1, 0.15) is 5.82 Å². The number of carbonyl (C=O) groups excluding carboxylic acids is 1. The molecule has 1 amide bonds. The van der Waals surface area contributed by atoms with Crippen molar-refractivity contribution in [3.05, 3.63) is 35.1 Å². The van der Waals surface area contributed by atoms with Gasteiger partial charge in [0.2, 0.25) is 5.91 Å². The lowest BCUT2D eigenvalue weighted by atomic mass is 9.92. The van der Waals surface area contributed by atoms with E-state index in [1.165, 1.54) is 6.07 Å². The molecule has 0 bridgehead atoms. The van der Waals surface area contributed by atoms with E-state index in [0.717, 1.165) is 37.9 Å². The first-order chi connectivity index (χ1) is 10.1. The van der Waals surface area contributed by atoms with Gasteiger partial charge in [-0.3, -0.25) is 4.79 Å². The molecule has 114 valence electrons. The van der Waals surface area contributed by atoms with Gasteiger partial charge in [-0.15, -0.1) is 0 Å². The number of nitrogens with one attached hydrogen (secondary N) is 2. The third kappa shape index (κ3) is 2.94. The lowest BCUT2D eigenvalue weighted by Crippen LogP contribution is -2.33. The van der Waals surface area contributed by atoms with E-state index in [4.69, 9.17) is 5.11 Å². The molecule has 1 aliphatic carbocycles. The number of aliphatic hydroxyl groups excluding tert-OH is 1. The summed E-state index contributed by atoms with van der Waals surface area (Å²) in [5.41, 5.74) is 1.22. The molecule has 1 saturated heterocycles. The van der Waals surface area contributed by atoms with Crippen molar-refractivity contribution in [2.75, 3.05) is 13.1 Å². The first-order valence-electron chi connectivity index (χ1n) is 7.51. The Bertz CT molecular complexity index is 541. The van der Waals surface area contributed by atoms with Gasteiger partial charge in [0.25, 0.3) is 0 Å². The van der Waals surface area contributed by atoms with Crippen LogP contribution in [-0.4, -0.2) is 24.1 Å². The Morgan fingerprint density at radius 3 is 2.86 bits per heavy atom. The monoisotopic (exact) mass is 292 g/mol. The second kappa shape index (κ2) is 5.73. The number of halogens is 1. The van der Waals surface area contributed by atoms with Crippen LogP contribution < -0.4 is 10.6 Å². The van der Waals surface area contributed by atoms with Gasteiger partial charge < -0.3 is 15.7 Å². The molecule has 1 aromatic rings. The number of hydrogen-bond acceptors (Lipinski definition) is 3. The van der Waals surface area contributed by atoms with E-state index in [-0.39, 0.29) is 29.4 Å². The standard InChI is InChI=1S/C16H21FN2O2/c17-14-7-11(1-2-12(14)10-20)9-19-15(21)13-8-16(13)3-5-18-6-4-16/h1-2,7,13,18,20H,3-6,8-10H2,(H,19,21). The fraction of sp³-hybridized carbons (Fsp3) is 0.562. The Labute approximate surface area is 123 Å². The molecule has 1 atom stereocenters. The van der Waals surface area contributed by atoms with Crippen LogP contribution in [0, 0.1) is 17.2 Å². The van der Waals surface area contributed by atoms with Gasteiger partial charge in [0.05, 0.1) is 6.61 Å². The SMILES string of the molecule is O=C(NCc1ccc(CO)c(F)c1)C1CC12CCNCC2. The van der Waals surface area contributed by atoms with Gasteiger partial charge in [0.15, 0.2) is 0 Å². The number of amides is 1. The van der Waals surface area contributed by atoms with Crippen LogP contribution in [-0.2, 0) is 17.9 Å². The highest BCUT2D eigenvalue weighted by Gasteiger charge is 2.57. The van der Waals surface area contributed by atoms with E-state index >= 15 is 0 Å². The lowest BCUT2D eigenvalue weighted by Gasteiger charge is -2.23. The summed E-state index contributed by atoms with van der Waals surface area (Å²) in [7, 11) is 0. The number of piperidine rings is 1. The van der Waals surface area contributed by atoms with Crippen LogP contribution in [0.2, 0.25) is 0 Å². The summed E-state index contributed by atoms with van der Waals surface area (Å²) in [6.45, 7) is 2.03. The van der Waals surface area contributed by atoms with Crippen molar-refractivity contribution in [2.45, 2.75) is 32.4 Å². The minimum Gasteiger partial charge on any atom is -0.392 e. The molecular weight excluding hydrogens is 271 g/mol. The van der Waals surface area contributed by atoms with E-state index in [1.54, 1.807) is 12.1 Å². The molecule has 4 nitrogen and oxygen atoms in total. The normalized spacial score (nSPS) is 23.0. The average Bonchev–Trinajstić information content (AvgIpc) is 3.19. The highest BCUT2D eigenvalue weighted by Crippen LogP contribution is 2.58. The minimum absolute atomic E-state index is 0.0866. The Morgan fingerprint density at radius 1 is 1.43 bits per heavy atom. The maximum atomic E-state index is 13.6. The molecule has 5 heteroatoms. The Balaban J connectivity index is 1.53. The third-order valence-electron chi connectivity index (χ3n) is 4.86. The van der Waals surface area contributed by atoms with Crippen molar-refractivity contribution < 1.29 is 14.3 Å². The van der Waals surface area contributed by atoms with Crippen molar-refractivity contribution in [2.24, 2.45) is 11.3 Å². The number of carbonyl (C=O) groups is 1. The number of benzene rings is 1. The molecule has 21 heavy (non-hydrogen) atoms. The number of hydrogen-bond donors (Lipinski definition) is 3. The highest BCUT2D eigenvalue weighted by atomic mass is 19.1. The summed E-state index contributed by atoms with van der Waals surface area (Å²) in [6, 6.07) is 4.67. The van der Waals surface area contributed by atoms with Crippen molar-refractivity contribution in [3.8, 4) is 0 Å². The zero-order valence-corrected chi connectivity index (χ0v) is 12.0. The van der Waals surface area contributed by atoms with Gasteiger partial charge in [0, 0.05) is 18.0 Å². The predicted octanol–water partition coefficient (Wildman–Crippen LogP) is 1.32. The smallest absolute Gasteiger partial charge is 0.223 e. The summed E-state index contributed by atoms with van der Waals surface area (Å²) in [5, 5.41) is 15.2.